The lowest BCUT2D eigenvalue weighted by molar-refractivity contribution is -0.116. The molecule has 0 saturated heterocycles. The molecule has 0 aliphatic carbocycles. The lowest BCUT2D eigenvalue weighted by atomic mass is 10.1. The number of hydrogen-bond acceptors (Lipinski definition) is 2. The predicted octanol–water partition coefficient (Wildman–Crippen LogP) is 2.59. The monoisotopic (exact) mass is 256 g/mol. The second-order valence-corrected chi connectivity index (χ2v) is 4.20. The summed E-state index contributed by atoms with van der Waals surface area (Å²) in [6.07, 6.45) is 0.666. The molecular formula is C11H13BrO2. The van der Waals surface area contributed by atoms with E-state index in [1.54, 1.807) is 14.0 Å². The van der Waals surface area contributed by atoms with E-state index in [0.717, 1.165) is 11.3 Å². The van der Waals surface area contributed by atoms with Crippen LogP contribution in [0.25, 0.3) is 0 Å². The van der Waals surface area contributed by atoms with Gasteiger partial charge in [-0.2, -0.15) is 0 Å². The minimum absolute atomic E-state index is 0.126. The van der Waals surface area contributed by atoms with Crippen molar-refractivity contribution >= 4 is 21.7 Å². The summed E-state index contributed by atoms with van der Waals surface area (Å²) in [6, 6.07) is 7.72. The molecule has 1 aromatic rings. The molecule has 0 aromatic heterocycles. The van der Waals surface area contributed by atoms with E-state index in [-0.39, 0.29) is 10.6 Å². The summed E-state index contributed by atoms with van der Waals surface area (Å²) in [5, 5.41) is 0. The highest BCUT2D eigenvalue weighted by atomic mass is 79.9. The van der Waals surface area contributed by atoms with Gasteiger partial charge in [0, 0.05) is 0 Å². The first-order valence-corrected chi connectivity index (χ1v) is 5.33. The highest BCUT2D eigenvalue weighted by Crippen LogP contribution is 2.21. The van der Waals surface area contributed by atoms with E-state index >= 15 is 0 Å². The first-order valence-electron chi connectivity index (χ1n) is 4.41. The summed E-state index contributed by atoms with van der Waals surface area (Å²) in [6.45, 7) is 1.58. The molecule has 0 fully saturated rings. The van der Waals surface area contributed by atoms with Crippen molar-refractivity contribution in [3.05, 3.63) is 29.8 Å². The normalized spacial score (nSPS) is 12.2. The molecule has 0 aliphatic rings. The maximum Gasteiger partial charge on any atom is 0.143 e. The number of hydrogen-bond donors (Lipinski definition) is 0. The molecule has 2 nitrogen and oxygen atoms in total. The van der Waals surface area contributed by atoms with Gasteiger partial charge in [0.2, 0.25) is 0 Å². The smallest absolute Gasteiger partial charge is 0.143 e. The van der Waals surface area contributed by atoms with E-state index in [0.29, 0.717) is 6.42 Å². The van der Waals surface area contributed by atoms with Crippen molar-refractivity contribution in [2.75, 3.05) is 7.11 Å². The topological polar surface area (TPSA) is 26.3 Å². The number of carbonyl (C=O) groups excluding carboxylic acids is 1. The van der Waals surface area contributed by atoms with E-state index in [1.165, 1.54) is 0 Å². The third kappa shape index (κ3) is 2.84. The van der Waals surface area contributed by atoms with Gasteiger partial charge in [0.15, 0.2) is 0 Å². The molecule has 3 heteroatoms. The second-order valence-electron chi connectivity index (χ2n) is 3.09. The third-order valence-electron chi connectivity index (χ3n) is 2.03. The SMILES string of the molecule is COc1ccccc1CC(Br)C(C)=O. The first-order chi connectivity index (χ1) is 6.65. The van der Waals surface area contributed by atoms with Crippen LogP contribution in [0.1, 0.15) is 12.5 Å². The van der Waals surface area contributed by atoms with Crippen molar-refractivity contribution in [1.82, 2.24) is 0 Å². The number of methoxy groups -OCH3 is 1. The maximum atomic E-state index is 11.1. The lowest BCUT2D eigenvalue weighted by Gasteiger charge is -2.10. The molecule has 0 N–H and O–H groups in total. The minimum atomic E-state index is -0.126. The molecule has 0 radical (unpaired) electrons. The second kappa shape index (κ2) is 5.15. The van der Waals surface area contributed by atoms with Gasteiger partial charge in [-0.15, -0.1) is 0 Å². The number of halogens is 1. The molecule has 0 saturated carbocycles. The van der Waals surface area contributed by atoms with Gasteiger partial charge in [0.25, 0.3) is 0 Å². The summed E-state index contributed by atoms with van der Waals surface area (Å²) >= 11 is 3.34. The molecule has 76 valence electrons. The van der Waals surface area contributed by atoms with Gasteiger partial charge in [0.05, 0.1) is 11.9 Å². The third-order valence-corrected chi connectivity index (χ3v) is 3.00. The van der Waals surface area contributed by atoms with Gasteiger partial charge >= 0.3 is 0 Å². The molecule has 0 spiro atoms. The van der Waals surface area contributed by atoms with E-state index in [4.69, 9.17) is 4.74 Å². The molecule has 1 unspecified atom stereocenters. The zero-order valence-corrected chi connectivity index (χ0v) is 9.87. The molecular weight excluding hydrogens is 244 g/mol. The average Bonchev–Trinajstić information content (AvgIpc) is 2.18. The van der Waals surface area contributed by atoms with Gasteiger partial charge in [0.1, 0.15) is 11.5 Å². The highest BCUT2D eigenvalue weighted by molar-refractivity contribution is 9.10. The van der Waals surface area contributed by atoms with Crippen LogP contribution in [0.5, 0.6) is 5.75 Å². The number of ketones is 1. The average molecular weight is 257 g/mol. The van der Waals surface area contributed by atoms with Crippen LogP contribution < -0.4 is 4.74 Å². The number of benzene rings is 1. The Hall–Kier alpha value is -0.830. The van der Waals surface area contributed by atoms with Crippen molar-refractivity contribution in [3.8, 4) is 5.75 Å². The number of Topliss-reactive ketones (excluding diaryl/α,β-unsaturated/α-hetero) is 1. The van der Waals surface area contributed by atoms with Gasteiger partial charge in [-0.25, -0.2) is 0 Å². The molecule has 0 aliphatic heterocycles. The molecule has 0 bridgehead atoms. The van der Waals surface area contributed by atoms with Gasteiger partial charge < -0.3 is 4.74 Å². The van der Waals surface area contributed by atoms with Crippen molar-refractivity contribution in [2.24, 2.45) is 0 Å². The van der Waals surface area contributed by atoms with Crippen molar-refractivity contribution in [3.63, 3.8) is 0 Å². The fourth-order valence-corrected chi connectivity index (χ4v) is 1.56. The largest absolute Gasteiger partial charge is 0.496 e. The fourth-order valence-electron chi connectivity index (χ4n) is 1.21. The minimum Gasteiger partial charge on any atom is -0.496 e. The predicted molar refractivity (Wildman–Crippen MR) is 60.1 cm³/mol. The number of para-hydroxylation sites is 1. The number of carbonyl (C=O) groups is 1. The van der Waals surface area contributed by atoms with E-state index < -0.39 is 0 Å². The Morgan fingerprint density at radius 3 is 2.71 bits per heavy atom. The molecule has 0 heterocycles. The fraction of sp³-hybridized carbons (Fsp3) is 0.364. The van der Waals surface area contributed by atoms with Crippen LogP contribution in [-0.4, -0.2) is 17.7 Å². The van der Waals surface area contributed by atoms with Crippen LogP contribution in [0, 0.1) is 0 Å². The Kier molecular flexibility index (Phi) is 4.14. The molecule has 1 rings (SSSR count). The van der Waals surface area contributed by atoms with E-state index in [2.05, 4.69) is 15.9 Å². The summed E-state index contributed by atoms with van der Waals surface area (Å²) in [5.74, 6) is 0.967. The van der Waals surface area contributed by atoms with Gasteiger partial charge in [-0.1, -0.05) is 34.1 Å². The van der Waals surface area contributed by atoms with Gasteiger partial charge in [-0.05, 0) is 25.0 Å². The van der Waals surface area contributed by atoms with Crippen LogP contribution in [-0.2, 0) is 11.2 Å². The van der Waals surface area contributed by atoms with Crippen LogP contribution in [0.2, 0.25) is 0 Å². The van der Waals surface area contributed by atoms with Crippen LogP contribution >= 0.6 is 15.9 Å². The summed E-state index contributed by atoms with van der Waals surface area (Å²) in [4.78, 5) is 10.9. The van der Waals surface area contributed by atoms with Crippen LogP contribution in [0.4, 0.5) is 0 Å². The Morgan fingerprint density at radius 1 is 1.50 bits per heavy atom. The van der Waals surface area contributed by atoms with Crippen LogP contribution in [0.3, 0.4) is 0 Å². The van der Waals surface area contributed by atoms with Gasteiger partial charge in [-0.3, -0.25) is 4.79 Å². The first kappa shape index (κ1) is 11.2. The van der Waals surface area contributed by atoms with Crippen molar-refractivity contribution in [1.29, 1.82) is 0 Å². The number of alkyl halides is 1. The zero-order chi connectivity index (χ0) is 10.6. The van der Waals surface area contributed by atoms with Crippen LogP contribution in [0.15, 0.2) is 24.3 Å². The summed E-state index contributed by atoms with van der Waals surface area (Å²) in [5.41, 5.74) is 1.05. The zero-order valence-electron chi connectivity index (χ0n) is 8.29. The maximum absolute atomic E-state index is 11.1. The standard InChI is InChI=1S/C11H13BrO2/c1-8(13)10(12)7-9-5-3-4-6-11(9)14-2/h3-6,10H,7H2,1-2H3. The molecule has 1 atom stereocenters. The highest BCUT2D eigenvalue weighted by Gasteiger charge is 2.12. The number of ether oxygens (including phenoxy) is 1. The van der Waals surface area contributed by atoms with E-state index in [1.807, 2.05) is 24.3 Å². The Labute approximate surface area is 92.4 Å². The molecule has 14 heavy (non-hydrogen) atoms. The summed E-state index contributed by atoms with van der Waals surface area (Å²) in [7, 11) is 1.63. The Balaban J connectivity index is 2.80. The molecule has 0 amide bonds. The quantitative estimate of drug-likeness (QED) is 0.775. The summed E-state index contributed by atoms with van der Waals surface area (Å²) < 4.78 is 5.19. The lowest BCUT2D eigenvalue weighted by Crippen LogP contribution is -2.13. The number of rotatable bonds is 4. The Morgan fingerprint density at radius 2 is 2.14 bits per heavy atom. The van der Waals surface area contributed by atoms with Crippen molar-refractivity contribution < 1.29 is 9.53 Å². The molecule has 1 aromatic carbocycles. The van der Waals surface area contributed by atoms with E-state index in [9.17, 15) is 4.79 Å². The Bertz CT molecular complexity index is 323. The van der Waals surface area contributed by atoms with Crippen molar-refractivity contribution in [2.45, 2.75) is 18.2 Å².